The molecule has 1 nitrogen and oxygen atoms in total. The molecule has 2 aliphatic rings. The molecule has 84 valence electrons. The third-order valence-corrected chi connectivity index (χ3v) is 4.23. The molecule has 1 heteroatoms. The molecule has 2 aromatic carbocycles. The Kier molecular flexibility index (Phi) is 1.66. The van der Waals surface area contributed by atoms with Gasteiger partial charge in [0.05, 0.1) is 12.0 Å². The Morgan fingerprint density at radius 1 is 0.765 bits per heavy atom. The fraction of sp³-hybridized carbons (Fsp3) is 0.250. The van der Waals surface area contributed by atoms with E-state index in [0.717, 1.165) is 13.0 Å². The van der Waals surface area contributed by atoms with Crippen molar-refractivity contribution in [2.24, 2.45) is 0 Å². The summed E-state index contributed by atoms with van der Waals surface area (Å²) in [5.74, 6) is 0. The van der Waals surface area contributed by atoms with Crippen molar-refractivity contribution < 1.29 is 4.74 Å². The van der Waals surface area contributed by atoms with Gasteiger partial charge in [-0.05, 0) is 17.5 Å². The average molecular weight is 222 g/mol. The minimum Gasteiger partial charge on any atom is -0.368 e. The van der Waals surface area contributed by atoms with Gasteiger partial charge in [-0.3, -0.25) is 0 Å². The lowest BCUT2D eigenvalue weighted by Gasteiger charge is -2.17. The van der Waals surface area contributed by atoms with Gasteiger partial charge in [-0.15, -0.1) is 0 Å². The molecule has 1 saturated carbocycles. The molecule has 1 heterocycles. The van der Waals surface area contributed by atoms with E-state index in [9.17, 15) is 0 Å². The number of benzene rings is 2. The summed E-state index contributed by atoms with van der Waals surface area (Å²) in [7, 11) is 0. The molecule has 1 unspecified atom stereocenters. The van der Waals surface area contributed by atoms with E-state index in [0.29, 0.717) is 0 Å². The summed E-state index contributed by atoms with van der Waals surface area (Å²) in [4.78, 5) is 0. The number of rotatable bonds is 2. The van der Waals surface area contributed by atoms with Crippen LogP contribution in [0.4, 0.5) is 0 Å². The van der Waals surface area contributed by atoms with Crippen LogP contribution < -0.4 is 0 Å². The second-order valence-electron chi connectivity index (χ2n) is 5.10. The molecular weight excluding hydrogens is 208 g/mol. The Morgan fingerprint density at radius 2 is 1.24 bits per heavy atom. The van der Waals surface area contributed by atoms with Crippen LogP contribution in [0, 0.1) is 0 Å². The number of hydrogen-bond acceptors (Lipinski definition) is 1. The zero-order valence-electron chi connectivity index (χ0n) is 9.60. The minimum absolute atomic E-state index is 0.121. The third-order valence-electron chi connectivity index (χ3n) is 4.23. The van der Waals surface area contributed by atoms with Gasteiger partial charge in [0.15, 0.2) is 0 Å². The van der Waals surface area contributed by atoms with Gasteiger partial charge >= 0.3 is 0 Å². The summed E-state index contributed by atoms with van der Waals surface area (Å²) in [6.07, 6.45) is 1.13. The predicted molar refractivity (Wildman–Crippen MR) is 67.0 cm³/mol. The molecule has 2 aromatic rings. The predicted octanol–water partition coefficient (Wildman–Crippen LogP) is 3.15. The molecule has 1 atom stereocenters. The molecule has 0 N–H and O–H groups in total. The summed E-state index contributed by atoms with van der Waals surface area (Å²) >= 11 is 0. The van der Waals surface area contributed by atoms with E-state index in [4.69, 9.17) is 4.74 Å². The van der Waals surface area contributed by atoms with Gasteiger partial charge in [-0.25, -0.2) is 0 Å². The van der Waals surface area contributed by atoms with E-state index in [1.807, 2.05) is 0 Å². The van der Waals surface area contributed by atoms with Crippen molar-refractivity contribution in [3.63, 3.8) is 0 Å². The maximum atomic E-state index is 5.73. The lowest BCUT2D eigenvalue weighted by molar-refractivity contribution is 0.378. The van der Waals surface area contributed by atoms with Gasteiger partial charge in [0.1, 0.15) is 5.60 Å². The fourth-order valence-electron chi connectivity index (χ4n) is 3.16. The highest BCUT2D eigenvalue weighted by molar-refractivity contribution is 5.55. The highest BCUT2D eigenvalue weighted by Crippen LogP contribution is 2.70. The van der Waals surface area contributed by atoms with E-state index in [1.54, 1.807) is 0 Å². The molecule has 0 radical (unpaired) electrons. The Morgan fingerprint density at radius 3 is 1.59 bits per heavy atom. The lowest BCUT2D eigenvalue weighted by Crippen LogP contribution is -2.15. The fourth-order valence-corrected chi connectivity index (χ4v) is 3.16. The van der Waals surface area contributed by atoms with E-state index in [1.165, 1.54) is 11.1 Å². The maximum absolute atomic E-state index is 5.73. The Bertz CT molecular complexity index is 501. The van der Waals surface area contributed by atoms with E-state index in [2.05, 4.69) is 60.7 Å². The number of epoxide rings is 1. The summed E-state index contributed by atoms with van der Waals surface area (Å²) in [5, 5.41) is 0. The second kappa shape index (κ2) is 2.99. The summed E-state index contributed by atoms with van der Waals surface area (Å²) in [6.45, 7) is 0.913. The maximum Gasteiger partial charge on any atom is 0.107 e. The monoisotopic (exact) mass is 222 g/mol. The van der Waals surface area contributed by atoms with Crippen molar-refractivity contribution in [3.05, 3.63) is 71.8 Å². The first-order valence-electron chi connectivity index (χ1n) is 6.12. The molecule has 0 amide bonds. The van der Waals surface area contributed by atoms with Gasteiger partial charge in [0, 0.05) is 0 Å². The molecular formula is C16H14O. The van der Waals surface area contributed by atoms with Crippen molar-refractivity contribution in [1.82, 2.24) is 0 Å². The Labute approximate surface area is 101 Å². The van der Waals surface area contributed by atoms with Crippen molar-refractivity contribution in [1.29, 1.82) is 0 Å². The van der Waals surface area contributed by atoms with Gasteiger partial charge in [0.2, 0.25) is 0 Å². The van der Waals surface area contributed by atoms with Gasteiger partial charge < -0.3 is 4.74 Å². The standard InChI is InChI=1S/C16H14O/c1-3-7-13(8-4-1)16(11-15(16)12-17-15)14-9-5-2-6-10-14/h1-10H,11-12H2. The van der Waals surface area contributed by atoms with Crippen LogP contribution in [-0.4, -0.2) is 12.2 Å². The largest absolute Gasteiger partial charge is 0.368 e. The molecule has 0 bridgehead atoms. The van der Waals surface area contributed by atoms with Crippen LogP contribution in [-0.2, 0) is 10.2 Å². The SMILES string of the molecule is c1ccc(C2(c3ccccc3)CC23CO3)cc1. The molecule has 1 aliphatic heterocycles. The van der Waals surface area contributed by atoms with Gasteiger partial charge in [-0.2, -0.15) is 0 Å². The number of ether oxygens (including phenoxy) is 1. The molecule has 1 aliphatic carbocycles. The van der Waals surface area contributed by atoms with Crippen LogP contribution in [0.3, 0.4) is 0 Å². The third kappa shape index (κ3) is 1.12. The van der Waals surface area contributed by atoms with E-state index >= 15 is 0 Å². The van der Waals surface area contributed by atoms with Crippen molar-refractivity contribution in [2.45, 2.75) is 17.4 Å². The quantitative estimate of drug-likeness (QED) is 0.711. The second-order valence-corrected chi connectivity index (χ2v) is 5.10. The van der Waals surface area contributed by atoms with E-state index in [-0.39, 0.29) is 11.0 Å². The van der Waals surface area contributed by atoms with Crippen LogP contribution in [0.5, 0.6) is 0 Å². The normalized spacial score (nSPS) is 28.0. The molecule has 17 heavy (non-hydrogen) atoms. The van der Waals surface area contributed by atoms with Crippen LogP contribution in [0.15, 0.2) is 60.7 Å². The van der Waals surface area contributed by atoms with Crippen molar-refractivity contribution >= 4 is 0 Å². The van der Waals surface area contributed by atoms with E-state index < -0.39 is 0 Å². The van der Waals surface area contributed by atoms with Gasteiger partial charge in [0.25, 0.3) is 0 Å². The average Bonchev–Trinajstić information content (AvgIpc) is 3.32. The topological polar surface area (TPSA) is 12.5 Å². The zero-order valence-corrected chi connectivity index (χ0v) is 9.60. The van der Waals surface area contributed by atoms with Crippen LogP contribution in [0.2, 0.25) is 0 Å². The van der Waals surface area contributed by atoms with Crippen molar-refractivity contribution in [2.75, 3.05) is 6.61 Å². The molecule has 2 fully saturated rings. The highest BCUT2D eigenvalue weighted by atomic mass is 16.6. The smallest absolute Gasteiger partial charge is 0.107 e. The molecule has 4 rings (SSSR count). The zero-order chi connectivity index (χ0) is 11.3. The lowest BCUT2D eigenvalue weighted by atomic mass is 9.86. The van der Waals surface area contributed by atoms with Crippen molar-refractivity contribution in [3.8, 4) is 0 Å². The first-order chi connectivity index (χ1) is 8.37. The van der Waals surface area contributed by atoms with Crippen LogP contribution in [0.1, 0.15) is 17.5 Å². The Balaban J connectivity index is 1.88. The van der Waals surface area contributed by atoms with Crippen LogP contribution >= 0.6 is 0 Å². The Hall–Kier alpha value is -1.60. The molecule has 1 saturated heterocycles. The summed E-state index contributed by atoms with van der Waals surface area (Å²) in [5.41, 5.74) is 3.03. The number of hydrogen-bond donors (Lipinski definition) is 0. The molecule has 0 aromatic heterocycles. The van der Waals surface area contributed by atoms with Crippen LogP contribution in [0.25, 0.3) is 0 Å². The first kappa shape index (κ1) is 9.43. The molecule has 1 spiro atoms. The van der Waals surface area contributed by atoms with Gasteiger partial charge in [-0.1, -0.05) is 60.7 Å². The minimum atomic E-state index is 0.121. The summed E-state index contributed by atoms with van der Waals surface area (Å²) < 4.78 is 5.73. The summed E-state index contributed by atoms with van der Waals surface area (Å²) in [6, 6.07) is 21.5. The first-order valence-corrected chi connectivity index (χ1v) is 6.12. The highest BCUT2D eigenvalue weighted by Gasteiger charge is 2.77.